The van der Waals surface area contributed by atoms with Crippen LogP contribution in [0.1, 0.15) is 36.9 Å². The first-order valence-electron chi connectivity index (χ1n) is 16.1. The van der Waals surface area contributed by atoms with Gasteiger partial charge in [-0.25, -0.2) is 31.4 Å². The molecule has 2 aromatic heterocycles. The number of aryl methyl sites for hydroxylation is 1. The topological polar surface area (TPSA) is 108 Å². The van der Waals surface area contributed by atoms with Gasteiger partial charge in [0, 0.05) is 75.3 Å². The number of aromatic nitrogens is 2. The lowest BCUT2D eigenvalue weighted by molar-refractivity contribution is -0.0412. The van der Waals surface area contributed by atoms with Gasteiger partial charge in [0.15, 0.2) is 0 Å². The lowest BCUT2D eigenvalue weighted by atomic mass is 10.0. The predicted molar refractivity (Wildman–Crippen MR) is 179 cm³/mol. The smallest absolute Gasteiger partial charge is 0.326 e. The first-order valence-corrected chi connectivity index (χ1v) is 17.5. The van der Waals surface area contributed by atoms with Crippen LogP contribution < -0.4 is 15.0 Å². The van der Waals surface area contributed by atoms with Crippen molar-refractivity contribution in [2.24, 2.45) is 0 Å². The van der Waals surface area contributed by atoms with E-state index in [-0.39, 0.29) is 30.1 Å². The molecule has 14 heteroatoms. The van der Waals surface area contributed by atoms with Crippen LogP contribution in [0.15, 0.2) is 90.1 Å². The van der Waals surface area contributed by atoms with Crippen LogP contribution in [-0.2, 0) is 16.6 Å². The Kier molecular flexibility index (Phi) is 10.2. The number of carbonyl (C=O) groups excluding carboxylic acids is 1. The van der Waals surface area contributed by atoms with E-state index in [1.165, 1.54) is 36.4 Å². The van der Waals surface area contributed by atoms with Gasteiger partial charge < -0.3 is 10.1 Å². The molecule has 0 radical (unpaired) electrons. The molecule has 0 atom stereocenters. The zero-order valence-corrected chi connectivity index (χ0v) is 27.8. The van der Waals surface area contributed by atoms with Gasteiger partial charge in [-0.1, -0.05) is 12.1 Å². The van der Waals surface area contributed by atoms with Gasteiger partial charge in [0.1, 0.15) is 11.6 Å². The summed E-state index contributed by atoms with van der Waals surface area (Å²) in [5, 5.41) is 2.90. The lowest BCUT2D eigenvalue weighted by Gasteiger charge is -2.38. The summed E-state index contributed by atoms with van der Waals surface area (Å²) >= 11 is 0. The third-order valence-corrected chi connectivity index (χ3v) is 10.6. The van der Waals surface area contributed by atoms with E-state index in [4.69, 9.17) is 4.74 Å². The number of rotatable bonds is 9. The minimum atomic E-state index is -3.88. The van der Waals surface area contributed by atoms with Crippen LogP contribution in [-0.4, -0.2) is 71.8 Å². The quantitative estimate of drug-likeness (QED) is 0.205. The van der Waals surface area contributed by atoms with Gasteiger partial charge >= 0.3 is 6.03 Å². The summed E-state index contributed by atoms with van der Waals surface area (Å²) < 4.78 is 73.9. The summed E-state index contributed by atoms with van der Waals surface area (Å²) in [7, 11) is -3.88. The number of piperidine rings is 2. The maximum absolute atomic E-state index is 14.2. The Morgan fingerprint density at radius 3 is 2.33 bits per heavy atom. The maximum atomic E-state index is 14.2. The third-order valence-electron chi connectivity index (χ3n) is 8.73. The molecule has 4 aromatic rings. The molecule has 10 nitrogen and oxygen atoms in total. The summed E-state index contributed by atoms with van der Waals surface area (Å²) in [6, 6.07) is 18.6. The maximum Gasteiger partial charge on any atom is 0.326 e. The lowest BCUT2D eigenvalue weighted by Crippen LogP contribution is -2.49. The average molecular weight is 695 g/mol. The molecule has 4 heterocycles. The first-order chi connectivity index (χ1) is 23.4. The summed E-state index contributed by atoms with van der Waals surface area (Å²) in [6.45, 7) is 3.48. The number of amides is 2. The number of anilines is 2. The van der Waals surface area contributed by atoms with Gasteiger partial charge in [-0.05, 0) is 79.9 Å². The number of ether oxygens (including phenoxy) is 1. The van der Waals surface area contributed by atoms with Crippen molar-refractivity contribution in [3.05, 3.63) is 102 Å². The van der Waals surface area contributed by atoms with Crippen LogP contribution in [0.3, 0.4) is 0 Å². The fraction of sp³-hybridized carbons (Fsp3) is 0.343. The van der Waals surface area contributed by atoms with Crippen molar-refractivity contribution in [2.45, 2.75) is 56.0 Å². The van der Waals surface area contributed by atoms with Crippen molar-refractivity contribution < 1.29 is 31.1 Å². The van der Waals surface area contributed by atoms with Crippen LogP contribution in [0.4, 0.5) is 29.3 Å². The second-order valence-corrected chi connectivity index (χ2v) is 14.3. The standard InChI is InChI=1S/C35H37F3N6O4S/c1-25-5-7-28(23-39-25)41-34(45)44(30-4-2-3-27(36)21-30)29-13-17-42(18-14-29)24-26-6-12-33(40-22-26)48-31-8-10-32(11-9-31)49(46,47)43-19-15-35(37,38)16-20-43/h2-12,21-23,29H,13-20,24H2,1H3,(H,41,45). The normalized spacial score (nSPS) is 17.4. The molecule has 258 valence electrons. The van der Waals surface area contributed by atoms with Crippen LogP contribution in [0.25, 0.3) is 0 Å². The Morgan fingerprint density at radius 1 is 0.959 bits per heavy atom. The zero-order valence-electron chi connectivity index (χ0n) is 26.9. The van der Waals surface area contributed by atoms with Crippen molar-refractivity contribution in [3.8, 4) is 11.6 Å². The number of pyridine rings is 2. The molecule has 2 aromatic carbocycles. The van der Waals surface area contributed by atoms with Crippen molar-refractivity contribution >= 4 is 27.4 Å². The predicted octanol–water partition coefficient (Wildman–Crippen LogP) is 6.84. The SMILES string of the molecule is Cc1ccc(NC(=O)N(c2cccc(F)c2)C2CCN(Cc3ccc(Oc4ccc(S(=O)(=O)N5CCC(F)(F)CC5)cc4)nc3)CC2)cn1. The van der Waals surface area contributed by atoms with Crippen molar-refractivity contribution in [2.75, 3.05) is 36.4 Å². The molecule has 0 saturated carbocycles. The van der Waals surface area contributed by atoms with E-state index in [0.717, 1.165) is 15.6 Å². The van der Waals surface area contributed by atoms with E-state index in [1.54, 1.807) is 41.6 Å². The summed E-state index contributed by atoms with van der Waals surface area (Å²) in [5.41, 5.74) is 2.84. The second-order valence-electron chi connectivity index (χ2n) is 12.3. The molecule has 6 rings (SSSR count). The van der Waals surface area contributed by atoms with Crippen LogP contribution in [0.2, 0.25) is 0 Å². The van der Waals surface area contributed by atoms with Gasteiger partial charge in [-0.2, -0.15) is 4.31 Å². The minimum absolute atomic E-state index is 0.0143. The number of halogens is 3. The molecule has 2 aliphatic rings. The van der Waals surface area contributed by atoms with Gasteiger partial charge in [0.2, 0.25) is 15.9 Å². The largest absolute Gasteiger partial charge is 0.439 e. The number of hydrogen-bond acceptors (Lipinski definition) is 7. The van der Waals surface area contributed by atoms with Crippen LogP contribution in [0, 0.1) is 12.7 Å². The highest BCUT2D eigenvalue weighted by atomic mass is 32.2. The van der Waals surface area contributed by atoms with Gasteiger partial charge in [0.05, 0.1) is 16.8 Å². The molecule has 1 N–H and O–H groups in total. The third kappa shape index (κ3) is 8.56. The fourth-order valence-electron chi connectivity index (χ4n) is 6.01. The Hall–Kier alpha value is -4.53. The van der Waals surface area contributed by atoms with Gasteiger partial charge in [-0.3, -0.25) is 14.8 Å². The molecule has 2 aliphatic heterocycles. The zero-order chi connectivity index (χ0) is 34.6. The van der Waals surface area contributed by atoms with E-state index >= 15 is 0 Å². The van der Waals surface area contributed by atoms with E-state index in [9.17, 15) is 26.4 Å². The first kappa shape index (κ1) is 34.3. The number of alkyl halides is 2. The molecule has 0 unspecified atom stereocenters. The monoisotopic (exact) mass is 694 g/mol. The Morgan fingerprint density at radius 2 is 1.69 bits per heavy atom. The Bertz CT molecular complexity index is 1840. The highest BCUT2D eigenvalue weighted by Gasteiger charge is 2.38. The minimum Gasteiger partial charge on any atom is -0.439 e. The van der Waals surface area contributed by atoms with E-state index in [2.05, 4.69) is 20.2 Å². The fourth-order valence-corrected chi connectivity index (χ4v) is 7.45. The van der Waals surface area contributed by atoms with E-state index < -0.39 is 34.6 Å². The number of benzene rings is 2. The van der Waals surface area contributed by atoms with Crippen LogP contribution in [0.5, 0.6) is 11.6 Å². The Balaban J connectivity index is 1.03. The molecule has 0 bridgehead atoms. The number of hydrogen-bond donors (Lipinski definition) is 1. The molecule has 2 amide bonds. The molecule has 49 heavy (non-hydrogen) atoms. The number of carbonyl (C=O) groups is 1. The Labute approximate surface area is 283 Å². The van der Waals surface area contributed by atoms with Crippen molar-refractivity contribution in [3.63, 3.8) is 0 Å². The highest BCUT2D eigenvalue weighted by molar-refractivity contribution is 7.89. The number of nitrogens with one attached hydrogen (secondary N) is 1. The molecule has 0 aliphatic carbocycles. The number of nitrogens with zero attached hydrogens (tertiary/aromatic N) is 5. The molecule has 0 spiro atoms. The number of sulfonamides is 1. The molecule has 2 fully saturated rings. The van der Waals surface area contributed by atoms with Gasteiger partial charge in [-0.15, -0.1) is 0 Å². The summed E-state index contributed by atoms with van der Waals surface area (Å²) in [4.78, 5) is 26.0. The number of urea groups is 1. The molecule has 2 saturated heterocycles. The second kappa shape index (κ2) is 14.5. The molecular formula is C35H37F3N6O4S. The average Bonchev–Trinajstić information content (AvgIpc) is 3.08. The summed E-state index contributed by atoms with van der Waals surface area (Å²) in [6.07, 6.45) is 3.69. The number of likely N-dealkylation sites (tertiary alicyclic amines) is 1. The van der Waals surface area contributed by atoms with E-state index in [1.807, 2.05) is 19.1 Å². The van der Waals surface area contributed by atoms with E-state index in [0.29, 0.717) is 55.5 Å². The summed E-state index contributed by atoms with van der Waals surface area (Å²) in [5.74, 6) is -2.54. The van der Waals surface area contributed by atoms with Crippen molar-refractivity contribution in [1.82, 2.24) is 19.2 Å². The van der Waals surface area contributed by atoms with Crippen molar-refractivity contribution in [1.29, 1.82) is 0 Å². The van der Waals surface area contributed by atoms with Gasteiger partial charge in [0.25, 0.3) is 5.92 Å². The molecular weight excluding hydrogens is 657 g/mol. The van der Waals surface area contributed by atoms with Crippen LogP contribution >= 0.6 is 0 Å². The highest BCUT2D eigenvalue weighted by Crippen LogP contribution is 2.32.